The number of aliphatic hydroxyl groups is 1. The Balaban J connectivity index is 2.18. The Bertz CT molecular complexity index is 543. The Morgan fingerprint density at radius 1 is 1.06 bits per heavy atom. The van der Waals surface area contributed by atoms with E-state index in [1.54, 1.807) is 18.2 Å². The van der Waals surface area contributed by atoms with Crippen LogP contribution in [0.15, 0.2) is 46.9 Å². The summed E-state index contributed by atoms with van der Waals surface area (Å²) in [6.45, 7) is 0.310. The molecule has 0 radical (unpaired) electrons. The van der Waals surface area contributed by atoms with Gasteiger partial charge in [-0.1, -0.05) is 57.9 Å². The average molecular weight is 328 g/mol. The summed E-state index contributed by atoms with van der Waals surface area (Å²) in [6, 6.07) is 13.2. The van der Waals surface area contributed by atoms with Gasteiger partial charge in [-0.25, -0.2) is 0 Å². The van der Waals surface area contributed by atoms with Gasteiger partial charge < -0.3 is 9.84 Å². The Hall–Kier alpha value is -1.03. The third-order valence-corrected chi connectivity index (χ3v) is 3.62. The second-order valence-electron chi connectivity index (χ2n) is 3.77. The van der Waals surface area contributed by atoms with Gasteiger partial charge >= 0.3 is 0 Å². The smallest absolute Gasteiger partial charge is 0.143 e. The molecule has 0 saturated heterocycles. The predicted octanol–water partition coefficient (Wildman–Crippen LogP) is 4.17. The van der Waals surface area contributed by atoms with Crippen molar-refractivity contribution in [1.29, 1.82) is 0 Å². The van der Waals surface area contributed by atoms with Crippen LogP contribution in [0.2, 0.25) is 5.02 Å². The molecule has 0 bridgehead atoms. The molecule has 2 nitrogen and oxygen atoms in total. The van der Waals surface area contributed by atoms with E-state index in [4.69, 9.17) is 16.3 Å². The van der Waals surface area contributed by atoms with E-state index in [-0.39, 0.29) is 6.61 Å². The Morgan fingerprint density at radius 3 is 2.50 bits per heavy atom. The molecular formula is C14H12BrClO2. The minimum atomic E-state index is -0.0914. The zero-order chi connectivity index (χ0) is 13.0. The molecule has 0 heterocycles. The number of hydrogen-bond donors (Lipinski definition) is 1. The van der Waals surface area contributed by atoms with Gasteiger partial charge in [0.1, 0.15) is 12.4 Å². The highest BCUT2D eigenvalue weighted by Crippen LogP contribution is 2.30. The van der Waals surface area contributed by atoms with Crippen molar-refractivity contribution >= 4 is 27.5 Å². The Kier molecular flexibility index (Phi) is 4.64. The number of hydrogen-bond acceptors (Lipinski definition) is 2. The Labute approximate surface area is 119 Å². The fraction of sp³-hybridized carbons (Fsp3) is 0.143. The molecule has 0 atom stereocenters. The van der Waals surface area contributed by atoms with Gasteiger partial charge in [-0.15, -0.1) is 0 Å². The van der Waals surface area contributed by atoms with E-state index in [1.165, 1.54) is 0 Å². The number of para-hydroxylation sites is 1. The molecule has 18 heavy (non-hydrogen) atoms. The van der Waals surface area contributed by atoms with E-state index in [2.05, 4.69) is 15.9 Å². The number of ether oxygens (including phenoxy) is 1. The summed E-state index contributed by atoms with van der Waals surface area (Å²) >= 11 is 9.53. The van der Waals surface area contributed by atoms with Crippen LogP contribution in [0, 0.1) is 0 Å². The SMILES string of the molecule is OCc1cccc(Cl)c1OCc1ccccc1Br. The van der Waals surface area contributed by atoms with E-state index in [0.29, 0.717) is 22.9 Å². The highest BCUT2D eigenvalue weighted by Gasteiger charge is 2.08. The van der Waals surface area contributed by atoms with Crippen molar-refractivity contribution in [1.82, 2.24) is 0 Å². The van der Waals surface area contributed by atoms with Crippen LogP contribution < -0.4 is 4.74 Å². The first-order chi connectivity index (χ1) is 8.72. The van der Waals surface area contributed by atoms with Crippen LogP contribution in [0.1, 0.15) is 11.1 Å². The third kappa shape index (κ3) is 3.05. The molecule has 0 aromatic heterocycles. The fourth-order valence-electron chi connectivity index (χ4n) is 1.61. The molecule has 4 heteroatoms. The highest BCUT2D eigenvalue weighted by atomic mass is 79.9. The number of benzene rings is 2. The van der Waals surface area contributed by atoms with Gasteiger partial charge in [0.25, 0.3) is 0 Å². The van der Waals surface area contributed by atoms with Gasteiger partial charge in [-0.05, 0) is 12.1 Å². The van der Waals surface area contributed by atoms with Crippen molar-refractivity contribution in [3.05, 3.63) is 63.1 Å². The standard InChI is InChI=1S/C14H12BrClO2/c15-12-6-2-1-4-11(12)9-18-14-10(8-17)5-3-7-13(14)16/h1-7,17H,8-9H2. The van der Waals surface area contributed by atoms with Crippen molar-refractivity contribution in [3.8, 4) is 5.75 Å². The molecule has 2 aromatic rings. The maximum Gasteiger partial charge on any atom is 0.143 e. The van der Waals surface area contributed by atoms with Crippen molar-refractivity contribution in [2.24, 2.45) is 0 Å². The van der Waals surface area contributed by atoms with Gasteiger partial charge in [0.15, 0.2) is 0 Å². The van der Waals surface area contributed by atoms with E-state index >= 15 is 0 Å². The lowest BCUT2D eigenvalue weighted by atomic mass is 10.2. The molecule has 0 unspecified atom stereocenters. The zero-order valence-electron chi connectivity index (χ0n) is 9.57. The average Bonchev–Trinajstić information content (AvgIpc) is 2.39. The van der Waals surface area contributed by atoms with Gasteiger partial charge in [-0.2, -0.15) is 0 Å². The molecule has 0 amide bonds. The molecule has 0 aliphatic rings. The zero-order valence-corrected chi connectivity index (χ0v) is 11.9. The second-order valence-corrected chi connectivity index (χ2v) is 5.03. The molecule has 2 rings (SSSR count). The quantitative estimate of drug-likeness (QED) is 0.913. The molecule has 0 aliphatic heterocycles. The lowest BCUT2D eigenvalue weighted by Gasteiger charge is -2.12. The number of rotatable bonds is 4. The molecule has 2 aromatic carbocycles. The van der Waals surface area contributed by atoms with Gasteiger partial charge in [0, 0.05) is 15.6 Å². The summed E-state index contributed by atoms with van der Waals surface area (Å²) < 4.78 is 6.69. The van der Waals surface area contributed by atoms with Crippen LogP contribution in [-0.4, -0.2) is 5.11 Å². The molecular weight excluding hydrogens is 316 g/mol. The minimum absolute atomic E-state index is 0.0914. The van der Waals surface area contributed by atoms with E-state index in [9.17, 15) is 5.11 Å². The summed E-state index contributed by atoms with van der Waals surface area (Å²) in [4.78, 5) is 0. The monoisotopic (exact) mass is 326 g/mol. The van der Waals surface area contributed by atoms with Gasteiger partial charge in [-0.3, -0.25) is 0 Å². The van der Waals surface area contributed by atoms with Crippen molar-refractivity contribution < 1.29 is 9.84 Å². The van der Waals surface area contributed by atoms with E-state index < -0.39 is 0 Å². The van der Waals surface area contributed by atoms with Gasteiger partial charge in [0.05, 0.1) is 11.6 Å². The van der Waals surface area contributed by atoms with E-state index in [0.717, 1.165) is 10.0 Å². The van der Waals surface area contributed by atoms with Gasteiger partial charge in [0.2, 0.25) is 0 Å². The third-order valence-electron chi connectivity index (χ3n) is 2.55. The molecule has 0 saturated carbocycles. The summed E-state index contributed by atoms with van der Waals surface area (Å²) in [5.41, 5.74) is 1.72. The van der Waals surface area contributed by atoms with Crippen LogP contribution in [0.5, 0.6) is 5.75 Å². The first-order valence-corrected chi connectivity index (χ1v) is 6.64. The molecule has 0 aliphatic carbocycles. The minimum Gasteiger partial charge on any atom is -0.487 e. The van der Waals surface area contributed by atoms with Crippen molar-refractivity contribution in [2.45, 2.75) is 13.2 Å². The largest absolute Gasteiger partial charge is 0.487 e. The summed E-state index contributed by atoms with van der Waals surface area (Å²) in [7, 11) is 0. The van der Waals surface area contributed by atoms with Crippen molar-refractivity contribution in [3.63, 3.8) is 0 Å². The van der Waals surface area contributed by atoms with E-state index in [1.807, 2.05) is 24.3 Å². The summed E-state index contributed by atoms with van der Waals surface area (Å²) in [5.74, 6) is 0.539. The topological polar surface area (TPSA) is 29.5 Å². The maximum absolute atomic E-state index is 9.25. The lowest BCUT2D eigenvalue weighted by molar-refractivity contribution is 0.259. The van der Waals surface area contributed by atoms with Crippen LogP contribution in [0.25, 0.3) is 0 Å². The van der Waals surface area contributed by atoms with Crippen LogP contribution in [0.4, 0.5) is 0 Å². The Morgan fingerprint density at radius 2 is 1.78 bits per heavy atom. The summed E-state index contributed by atoms with van der Waals surface area (Å²) in [5, 5.41) is 9.75. The predicted molar refractivity (Wildman–Crippen MR) is 75.8 cm³/mol. The maximum atomic E-state index is 9.25. The molecule has 0 fully saturated rings. The van der Waals surface area contributed by atoms with Crippen LogP contribution in [0.3, 0.4) is 0 Å². The summed E-state index contributed by atoms with van der Waals surface area (Å²) in [6.07, 6.45) is 0. The first kappa shape index (κ1) is 13.4. The lowest BCUT2D eigenvalue weighted by Crippen LogP contribution is -2.00. The number of halogens is 2. The van der Waals surface area contributed by atoms with Crippen molar-refractivity contribution in [2.75, 3.05) is 0 Å². The number of aliphatic hydroxyl groups excluding tert-OH is 1. The van der Waals surface area contributed by atoms with Crippen LogP contribution >= 0.6 is 27.5 Å². The fourth-order valence-corrected chi connectivity index (χ4v) is 2.25. The van der Waals surface area contributed by atoms with Crippen LogP contribution in [-0.2, 0) is 13.2 Å². The second kappa shape index (κ2) is 6.23. The molecule has 94 valence electrons. The first-order valence-electron chi connectivity index (χ1n) is 5.47. The molecule has 0 spiro atoms. The highest BCUT2D eigenvalue weighted by molar-refractivity contribution is 9.10. The molecule has 1 N–H and O–H groups in total. The normalized spacial score (nSPS) is 10.4.